The molecular weight excluding hydrogens is 1160 g/mol. The predicted octanol–water partition coefficient (Wildman–Crippen LogP) is -2.58. The molecule has 0 amide bonds. The van der Waals surface area contributed by atoms with E-state index in [-0.39, 0.29) is 53.7 Å². The maximum absolute atomic E-state index is 14.3. The largest absolute Gasteiger partial charge is 0.778 e. The quantitative estimate of drug-likeness (QED) is 0.0179. The van der Waals surface area contributed by atoms with Gasteiger partial charge < -0.3 is 79.1 Å². The Morgan fingerprint density at radius 3 is 2.16 bits per heavy atom. The second kappa shape index (κ2) is 23.5. The zero-order valence-electron chi connectivity index (χ0n) is 41.5. The lowest BCUT2D eigenvalue weighted by molar-refractivity contribution is -0.745. The van der Waals surface area contributed by atoms with Crippen LogP contribution in [0.25, 0.3) is 22.3 Å². The highest BCUT2D eigenvalue weighted by atomic mass is 31.3. The van der Waals surface area contributed by atoms with Gasteiger partial charge in [-0.1, -0.05) is 35.3 Å². The molecule has 0 radical (unpaired) electrons. The molecule has 3 saturated heterocycles. The molecule has 16 atom stereocenters. The van der Waals surface area contributed by atoms with Crippen LogP contribution in [0.15, 0.2) is 76.0 Å². The lowest BCUT2D eigenvalue weighted by Gasteiger charge is -2.35. The van der Waals surface area contributed by atoms with Gasteiger partial charge in [-0.15, -0.1) is 0 Å². The fourth-order valence-electron chi connectivity index (χ4n) is 9.40. The van der Waals surface area contributed by atoms with Gasteiger partial charge in [-0.3, -0.25) is 42.3 Å². The summed E-state index contributed by atoms with van der Waals surface area (Å²) in [5.74, 6) is -1.36. The number of aromatic amines is 2. The van der Waals surface area contributed by atoms with Crippen molar-refractivity contribution in [1.82, 2.24) is 43.6 Å². The first kappa shape index (κ1) is 59.3. The molecule has 0 aliphatic carbocycles. The molecule has 80 heavy (non-hydrogen) atoms. The summed E-state index contributed by atoms with van der Waals surface area (Å²) < 4.78 is 112. The van der Waals surface area contributed by atoms with Gasteiger partial charge in [-0.2, -0.15) is 8.62 Å². The standard InChI is InChI=1S/C40H52N12O24P4/c1-49-18-52(34-26(49)35(57)48-39(42)47-34)36-27(54)20(9-11-68-12-19-6-4-3-5-7-19)21(72-36)13-70-78(61,62)75-80(65,66)76-79(63,64)71-15-23-31(30(67-2)38(74-23)51-17-45-25-32(41)43-16-44-33(25)51)77(59,60)69-14-22-28(55)29(56)37(73-22)50-10-8-24(53)46-40(50)58/h3-8,10,16-18,20-23,27-31,36-38,54-56H,9,11-15H2,1-2H3,(H9-,41,42,43,44,46,47,48,53,57,58,59,60,61,62,63,64,65,66)/t20-,21-,22-,23-,27-,28-,29-,30-,31-,36-,37-,38-/m1/s1. The highest BCUT2D eigenvalue weighted by Crippen LogP contribution is 2.68. The number of phosphoric acid groups is 3. The number of anilines is 2. The number of nitrogens with zero attached hydrogens (tertiary/aromatic N) is 8. The number of ether oxygens (including phenoxy) is 5. The smallest absolute Gasteiger partial charge is 0.490 e. The summed E-state index contributed by atoms with van der Waals surface area (Å²) >= 11 is 0. The van der Waals surface area contributed by atoms with Gasteiger partial charge in [0.05, 0.1) is 57.7 Å². The molecule has 436 valence electrons. The van der Waals surface area contributed by atoms with Crippen molar-refractivity contribution in [3.05, 3.63) is 98.3 Å². The summed E-state index contributed by atoms with van der Waals surface area (Å²) in [6.07, 6.45) is -11.9. The Kier molecular flexibility index (Phi) is 17.4. The minimum atomic E-state index is -6.24. The van der Waals surface area contributed by atoms with Crippen molar-refractivity contribution < 1.29 is 104 Å². The number of rotatable bonds is 23. The summed E-state index contributed by atoms with van der Waals surface area (Å²) in [6.45, 7) is -3.21. The number of nitrogens with one attached hydrogen (secondary N) is 2. The van der Waals surface area contributed by atoms with Crippen LogP contribution in [0, 0.1) is 5.92 Å². The van der Waals surface area contributed by atoms with Gasteiger partial charge in [0.15, 0.2) is 30.2 Å². The Labute approximate surface area is 447 Å². The van der Waals surface area contributed by atoms with E-state index >= 15 is 0 Å². The molecule has 3 fully saturated rings. The Morgan fingerprint density at radius 1 is 0.800 bits per heavy atom. The monoisotopic (exact) mass is 1210 g/mol. The number of imidazole rings is 2. The van der Waals surface area contributed by atoms with Crippen LogP contribution in [0.4, 0.5) is 11.8 Å². The van der Waals surface area contributed by atoms with Gasteiger partial charge in [0, 0.05) is 31.9 Å². The molecule has 36 nitrogen and oxygen atoms in total. The summed E-state index contributed by atoms with van der Waals surface area (Å²) in [4.78, 5) is 104. The van der Waals surface area contributed by atoms with Crippen molar-refractivity contribution in [2.75, 3.05) is 45.0 Å². The molecule has 6 aromatic rings. The van der Waals surface area contributed by atoms with E-state index in [4.69, 9.17) is 48.7 Å². The lowest BCUT2D eigenvalue weighted by atomic mass is 9.95. The van der Waals surface area contributed by atoms with Crippen LogP contribution in [-0.4, -0.2) is 156 Å². The normalized spacial score (nSPS) is 29.2. The molecule has 1 aromatic carbocycles. The molecule has 3 aliphatic rings. The van der Waals surface area contributed by atoms with Crippen LogP contribution in [0.2, 0.25) is 0 Å². The van der Waals surface area contributed by atoms with E-state index in [0.717, 1.165) is 46.7 Å². The maximum atomic E-state index is 14.3. The van der Waals surface area contributed by atoms with E-state index in [1.165, 1.54) is 22.5 Å². The number of hydrogen-bond donors (Lipinski definition) is 10. The van der Waals surface area contributed by atoms with Crippen molar-refractivity contribution in [2.45, 2.75) is 80.1 Å². The minimum Gasteiger partial charge on any atom is -0.778 e. The van der Waals surface area contributed by atoms with Crippen LogP contribution in [-0.2, 0) is 77.8 Å². The molecule has 3 aliphatic heterocycles. The molecular formula is C40H52N12O24P4. The molecule has 9 rings (SSSR count). The number of aliphatic hydroxyl groups is 3. The number of nitrogens with two attached hydrogens (primary N) is 2. The van der Waals surface area contributed by atoms with E-state index in [0.29, 0.717) is 0 Å². The molecule has 0 spiro atoms. The van der Waals surface area contributed by atoms with E-state index in [1.54, 1.807) is 12.1 Å². The third-order valence-electron chi connectivity index (χ3n) is 13.0. The van der Waals surface area contributed by atoms with Crippen LogP contribution in [0.3, 0.4) is 0 Å². The number of aromatic nitrogens is 10. The molecule has 12 N–H and O–H groups in total. The van der Waals surface area contributed by atoms with Crippen LogP contribution < -0.4 is 37.7 Å². The average Bonchev–Trinajstić information content (AvgIpc) is 4.22. The van der Waals surface area contributed by atoms with E-state index in [2.05, 4.69) is 33.5 Å². The predicted molar refractivity (Wildman–Crippen MR) is 263 cm³/mol. The van der Waals surface area contributed by atoms with Gasteiger partial charge in [0.1, 0.15) is 50.0 Å². The van der Waals surface area contributed by atoms with Gasteiger partial charge in [0.25, 0.3) is 17.1 Å². The fourth-order valence-corrected chi connectivity index (χ4v) is 14.6. The van der Waals surface area contributed by atoms with Crippen LogP contribution >= 0.6 is 31.1 Å². The number of methoxy groups -OCH3 is 1. The number of phosphoric ester groups is 2. The van der Waals surface area contributed by atoms with Crippen LogP contribution in [0.1, 0.15) is 30.7 Å². The first-order chi connectivity index (χ1) is 37.8. The van der Waals surface area contributed by atoms with Crippen molar-refractivity contribution in [1.29, 1.82) is 0 Å². The zero-order valence-corrected chi connectivity index (χ0v) is 45.1. The second-order valence-electron chi connectivity index (χ2n) is 18.2. The van der Waals surface area contributed by atoms with Gasteiger partial charge in [0.2, 0.25) is 11.7 Å². The van der Waals surface area contributed by atoms with Gasteiger partial charge in [-0.05, 0) is 12.0 Å². The Bertz CT molecular complexity index is 3610. The van der Waals surface area contributed by atoms with E-state index in [1.807, 2.05) is 23.2 Å². The number of aliphatic hydroxyl groups excluding tert-OH is 3. The number of benzene rings is 1. The molecule has 0 bridgehead atoms. The average molecular weight is 1210 g/mol. The van der Waals surface area contributed by atoms with Crippen molar-refractivity contribution in [2.24, 2.45) is 13.0 Å². The Morgan fingerprint density at radius 2 is 1.48 bits per heavy atom. The SMILES string of the molecule is CO[C@@H]1[C@H](P(=O)([O-])OC[C@H]2O[C@@H](n3ccc(=O)[nH]c3=O)[C@H](O)[C@@H]2O)[C@@H](COP(=O)(O)OP(=O)(O)OP(=O)(O)OC[C@H]2O[C@@H]([n+]3cn(C)c4c(=O)[nH]c(N)nc43)[C@H](O)[C@@H]2CCOCc2ccccc2)O[C@H]1n1cnc2c(N)ncnc21. The van der Waals surface area contributed by atoms with Gasteiger partial charge >= 0.3 is 34.8 Å². The summed E-state index contributed by atoms with van der Waals surface area (Å²) in [6, 6.07) is 9.96. The third-order valence-corrected chi connectivity index (χ3v) is 19.1. The van der Waals surface area contributed by atoms with Crippen molar-refractivity contribution in [3.63, 3.8) is 0 Å². The molecule has 4 unspecified atom stereocenters. The summed E-state index contributed by atoms with van der Waals surface area (Å²) in [5, 5.41) is 33.2. The first-order valence-electron chi connectivity index (χ1n) is 23.6. The number of hydrogen-bond acceptors (Lipinski definition) is 27. The Hall–Kier alpha value is -5.36. The number of aryl methyl sites for hydroxylation is 1. The van der Waals surface area contributed by atoms with E-state index in [9.17, 15) is 67.5 Å². The van der Waals surface area contributed by atoms with Crippen molar-refractivity contribution >= 4 is 65.2 Å². The maximum Gasteiger partial charge on any atom is 0.490 e. The number of H-pyrrole nitrogens is 2. The third kappa shape index (κ3) is 12.7. The second-order valence-corrected chi connectivity index (χ2v) is 24.8. The highest BCUT2D eigenvalue weighted by molar-refractivity contribution is 7.66. The minimum absolute atomic E-state index is 0.00766. The number of nitrogen functional groups attached to an aromatic ring is 2. The number of fused-ring (bicyclic) bond motifs is 2. The molecule has 0 saturated carbocycles. The summed E-state index contributed by atoms with van der Waals surface area (Å²) in [5.41, 5.74) is 8.03. The first-order valence-corrected chi connectivity index (χ1v) is 29.7. The highest BCUT2D eigenvalue weighted by Gasteiger charge is 2.55. The molecule has 5 aromatic heterocycles. The zero-order chi connectivity index (χ0) is 57.6. The lowest BCUT2D eigenvalue weighted by Crippen LogP contribution is -2.45. The summed E-state index contributed by atoms with van der Waals surface area (Å²) in [7, 11) is -21.1. The fraction of sp³-hybridized carbons (Fsp3) is 0.500. The molecule has 8 heterocycles. The van der Waals surface area contributed by atoms with E-state index < -0.39 is 141 Å². The van der Waals surface area contributed by atoms with Gasteiger partial charge in [-0.25, -0.2) is 38.0 Å². The van der Waals surface area contributed by atoms with Crippen LogP contribution in [0.5, 0.6) is 0 Å². The molecule has 40 heteroatoms. The Balaban J connectivity index is 0.884. The van der Waals surface area contributed by atoms with Crippen molar-refractivity contribution in [3.8, 4) is 0 Å². The topological polar surface area (TPSA) is 510 Å².